The maximum Gasteiger partial charge on any atom is 0.472 e. The van der Waals surface area contributed by atoms with Gasteiger partial charge in [-0.25, -0.2) is 4.57 Å². The van der Waals surface area contributed by atoms with Crippen LogP contribution in [-0.2, 0) is 27.9 Å². The van der Waals surface area contributed by atoms with E-state index < -0.39 is 20.0 Å². The van der Waals surface area contributed by atoms with Gasteiger partial charge in [-0.3, -0.25) is 18.6 Å². The van der Waals surface area contributed by atoms with Gasteiger partial charge in [-0.05, 0) is 70.3 Å². The van der Waals surface area contributed by atoms with Crippen molar-refractivity contribution >= 4 is 19.7 Å². The highest BCUT2D eigenvalue weighted by Crippen LogP contribution is 2.43. The number of amides is 1. The van der Waals surface area contributed by atoms with Crippen molar-refractivity contribution in [2.24, 2.45) is 0 Å². The number of carbonyl (C=O) groups excluding carboxylic acids is 2. The van der Waals surface area contributed by atoms with E-state index in [1.165, 1.54) is 244 Å². The van der Waals surface area contributed by atoms with Crippen molar-refractivity contribution in [3.8, 4) is 0 Å². The van der Waals surface area contributed by atoms with Crippen LogP contribution in [0.3, 0.4) is 0 Å². The number of hydrogen-bond acceptors (Lipinski definition) is 6. The smallest absolute Gasteiger partial charge is 0.456 e. The third kappa shape index (κ3) is 62.5. The van der Waals surface area contributed by atoms with Gasteiger partial charge in [-0.2, -0.15) is 0 Å². The summed E-state index contributed by atoms with van der Waals surface area (Å²) in [6.45, 7) is 7.04. The highest BCUT2D eigenvalue weighted by Gasteiger charge is 2.30. The number of phosphoric acid groups is 1. The average molecular weight is 1170 g/mol. The SMILES string of the molecule is CCCCC/C=C\C/C=C\C/C=C\CCCCCCCCCCCCC(=O)NC(COP(=O)(O)OCC[N+](C)(C)C)C(/C=C/CCCCCCCCCCCC)OC(=O)CCCCCCCCCCCCCCCCCCCCCCC. The number of rotatable bonds is 65. The summed E-state index contributed by atoms with van der Waals surface area (Å²) in [4.78, 5) is 37.9. The van der Waals surface area contributed by atoms with Crippen molar-refractivity contribution in [3.05, 3.63) is 48.6 Å². The molecule has 0 saturated carbocycles. The fourth-order valence-corrected chi connectivity index (χ4v) is 11.3. The van der Waals surface area contributed by atoms with Gasteiger partial charge in [-0.1, -0.05) is 314 Å². The first-order chi connectivity index (χ1) is 39.9. The topological polar surface area (TPSA) is 111 Å². The van der Waals surface area contributed by atoms with Crippen LogP contribution >= 0.6 is 7.82 Å². The lowest BCUT2D eigenvalue weighted by Crippen LogP contribution is -2.47. The Morgan fingerprint density at radius 2 is 0.744 bits per heavy atom. The van der Waals surface area contributed by atoms with E-state index in [2.05, 4.69) is 62.5 Å². The number of esters is 1. The Morgan fingerprint density at radius 1 is 0.427 bits per heavy atom. The molecule has 0 radical (unpaired) electrons. The van der Waals surface area contributed by atoms with E-state index in [1.54, 1.807) is 0 Å². The Bertz CT molecular complexity index is 1540. The molecule has 0 heterocycles. The highest BCUT2D eigenvalue weighted by molar-refractivity contribution is 7.47. The predicted molar refractivity (Wildman–Crippen MR) is 355 cm³/mol. The van der Waals surface area contributed by atoms with E-state index in [-0.39, 0.29) is 25.1 Å². The minimum absolute atomic E-state index is 0.0410. The largest absolute Gasteiger partial charge is 0.472 e. The third-order valence-electron chi connectivity index (χ3n) is 16.0. The zero-order chi connectivity index (χ0) is 60.0. The number of hydrogen-bond donors (Lipinski definition) is 2. The lowest BCUT2D eigenvalue weighted by molar-refractivity contribution is -0.870. The first-order valence-corrected chi connectivity index (χ1v) is 37.0. The van der Waals surface area contributed by atoms with E-state index in [0.29, 0.717) is 23.9 Å². The van der Waals surface area contributed by atoms with Crippen molar-refractivity contribution < 1.29 is 37.3 Å². The number of allylic oxidation sites excluding steroid dienone is 7. The van der Waals surface area contributed by atoms with Gasteiger partial charge in [0.05, 0.1) is 33.8 Å². The van der Waals surface area contributed by atoms with Gasteiger partial charge in [-0.15, -0.1) is 0 Å². The van der Waals surface area contributed by atoms with Crippen molar-refractivity contribution in [2.75, 3.05) is 40.9 Å². The van der Waals surface area contributed by atoms with Crippen LogP contribution in [0.5, 0.6) is 0 Å². The minimum atomic E-state index is -4.45. The first-order valence-electron chi connectivity index (χ1n) is 35.5. The molecule has 482 valence electrons. The lowest BCUT2D eigenvalue weighted by Gasteiger charge is -2.27. The number of unbranched alkanes of at least 4 members (excludes halogenated alkanes) is 43. The molecule has 0 spiro atoms. The van der Waals surface area contributed by atoms with E-state index in [0.717, 1.165) is 70.6 Å². The Hall–Kier alpha value is -2.03. The monoisotopic (exact) mass is 1170 g/mol. The summed E-state index contributed by atoms with van der Waals surface area (Å²) < 4.78 is 30.8. The van der Waals surface area contributed by atoms with Crippen LogP contribution in [-0.4, -0.2) is 74.3 Å². The van der Waals surface area contributed by atoms with Gasteiger partial charge in [0.25, 0.3) is 0 Å². The lowest BCUT2D eigenvalue weighted by atomic mass is 10.0. The molecule has 0 bridgehead atoms. The molecular weight excluding hydrogens is 1040 g/mol. The van der Waals surface area contributed by atoms with E-state index >= 15 is 0 Å². The van der Waals surface area contributed by atoms with Crippen molar-refractivity contribution in [1.82, 2.24) is 5.32 Å². The molecule has 3 atom stereocenters. The molecule has 0 rings (SSSR count). The number of quaternary nitrogens is 1. The number of phosphoric ester groups is 1. The quantitative estimate of drug-likeness (QED) is 0.0205. The van der Waals surface area contributed by atoms with Crippen LogP contribution in [0.2, 0.25) is 0 Å². The highest BCUT2D eigenvalue weighted by atomic mass is 31.2. The van der Waals surface area contributed by atoms with Gasteiger partial charge in [0, 0.05) is 12.8 Å². The van der Waals surface area contributed by atoms with Crippen molar-refractivity contribution in [2.45, 2.75) is 360 Å². The fourth-order valence-electron chi connectivity index (χ4n) is 10.5. The molecule has 0 aromatic rings. The Kier molecular flexibility index (Phi) is 60.5. The summed E-state index contributed by atoms with van der Waals surface area (Å²) in [5, 5.41) is 3.07. The van der Waals surface area contributed by atoms with Crippen molar-refractivity contribution in [3.63, 3.8) is 0 Å². The average Bonchev–Trinajstić information content (AvgIpc) is 3.47. The maximum atomic E-state index is 13.6. The summed E-state index contributed by atoms with van der Waals surface area (Å²) in [7, 11) is 1.51. The second-order valence-electron chi connectivity index (χ2n) is 25.4. The number of nitrogens with one attached hydrogen (secondary N) is 1. The zero-order valence-electron chi connectivity index (χ0n) is 55.2. The van der Waals surface area contributed by atoms with Crippen LogP contribution in [0.1, 0.15) is 348 Å². The molecule has 82 heavy (non-hydrogen) atoms. The molecule has 0 saturated heterocycles. The maximum absolute atomic E-state index is 13.6. The molecule has 3 unspecified atom stereocenters. The van der Waals surface area contributed by atoms with Gasteiger partial charge in [0.15, 0.2) is 0 Å². The molecule has 0 fully saturated rings. The molecule has 0 aliphatic rings. The fraction of sp³-hybridized carbons (Fsp3) is 0.861. The molecule has 0 aliphatic carbocycles. The van der Waals surface area contributed by atoms with Crippen molar-refractivity contribution in [1.29, 1.82) is 0 Å². The molecule has 0 aromatic heterocycles. The summed E-state index contributed by atoms with van der Waals surface area (Å²) >= 11 is 0. The molecule has 1 amide bonds. The predicted octanol–water partition coefficient (Wildman–Crippen LogP) is 22.4. The summed E-state index contributed by atoms with van der Waals surface area (Å²) in [6.07, 6.45) is 78.3. The number of ether oxygens (including phenoxy) is 1. The zero-order valence-corrected chi connectivity index (χ0v) is 56.1. The summed E-state index contributed by atoms with van der Waals surface area (Å²) in [6, 6.07) is -0.849. The minimum Gasteiger partial charge on any atom is -0.456 e. The molecule has 2 N–H and O–H groups in total. The van der Waals surface area contributed by atoms with E-state index in [4.69, 9.17) is 13.8 Å². The van der Waals surface area contributed by atoms with Gasteiger partial charge in [0.1, 0.15) is 19.3 Å². The number of likely N-dealkylation sites (N-methyl/N-ethyl adjacent to an activating group) is 1. The standard InChI is InChI=1S/C72H137N2O7P/c1-7-10-13-16-19-22-25-28-30-32-34-36-37-39-40-42-44-46-49-52-55-58-61-64-71(75)73-69(68-80-82(77,78)79-67-66-74(4,5)6)70(63-60-57-54-51-48-27-24-21-18-15-12-9-3)81-72(76)65-62-59-56-53-50-47-45-43-41-38-35-33-31-29-26-23-20-17-14-11-8-2/h19,22,28,30,34,36,60,63,69-70H,7-18,20-21,23-27,29,31-33,35,37-59,61-62,64-68H2,1-6H3,(H-,73,75,77,78)/p+1/b22-19-,30-28-,36-34-,63-60+. The molecule has 0 aromatic carbocycles. The van der Waals surface area contributed by atoms with E-state index in [1.807, 2.05) is 33.3 Å². The second-order valence-corrected chi connectivity index (χ2v) is 26.9. The van der Waals surface area contributed by atoms with Crippen LogP contribution in [0.4, 0.5) is 0 Å². The molecule has 9 nitrogen and oxygen atoms in total. The first kappa shape index (κ1) is 80.0. The summed E-state index contributed by atoms with van der Waals surface area (Å²) in [5.41, 5.74) is 0. The Morgan fingerprint density at radius 3 is 1.13 bits per heavy atom. The molecule has 0 aliphatic heterocycles. The Labute approximate surface area is 509 Å². The van der Waals surface area contributed by atoms with Gasteiger partial charge < -0.3 is 19.4 Å². The van der Waals surface area contributed by atoms with Gasteiger partial charge in [0.2, 0.25) is 5.91 Å². The summed E-state index contributed by atoms with van der Waals surface area (Å²) in [5.74, 6) is -0.492. The van der Waals surface area contributed by atoms with Crippen LogP contribution in [0.15, 0.2) is 48.6 Å². The van der Waals surface area contributed by atoms with E-state index in [9.17, 15) is 19.0 Å². The van der Waals surface area contributed by atoms with Crippen LogP contribution in [0, 0.1) is 0 Å². The number of nitrogens with zero attached hydrogens (tertiary/aromatic N) is 1. The molecule has 10 heteroatoms. The third-order valence-corrected chi connectivity index (χ3v) is 17.0. The van der Waals surface area contributed by atoms with Gasteiger partial charge >= 0.3 is 13.8 Å². The normalized spacial score (nSPS) is 13.8. The molecular formula is C72H138N2O7P+. The second kappa shape index (κ2) is 62.0. The number of carbonyl (C=O) groups is 2. The Balaban J connectivity index is 5.07. The van der Waals surface area contributed by atoms with Crippen LogP contribution < -0.4 is 5.32 Å². The van der Waals surface area contributed by atoms with Crippen LogP contribution in [0.25, 0.3) is 0 Å².